The molecule has 5 amide bonds. The number of anilines is 2. The Labute approximate surface area is 212 Å². The smallest absolute Gasteiger partial charge is 0.335 e. The first-order valence-electron chi connectivity index (χ1n) is 11.1. The summed E-state index contributed by atoms with van der Waals surface area (Å²) >= 11 is 0. The van der Waals surface area contributed by atoms with E-state index in [4.69, 9.17) is 9.47 Å². The maximum absolute atomic E-state index is 13.0. The molecule has 0 spiro atoms. The molecular formula is C27H23N3O7. The predicted octanol–water partition coefficient (Wildman–Crippen LogP) is 3.39. The van der Waals surface area contributed by atoms with Gasteiger partial charge in [0.05, 0.1) is 12.8 Å². The highest BCUT2D eigenvalue weighted by molar-refractivity contribution is 6.39. The van der Waals surface area contributed by atoms with Gasteiger partial charge in [-0.3, -0.25) is 19.7 Å². The summed E-state index contributed by atoms with van der Waals surface area (Å²) in [7, 11) is 1.41. The van der Waals surface area contributed by atoms with Gasteiger partial charge in [-0.1, -0.05) is 24.3 Å². The lowest BCUT2D eigenvalue weighted by molar-refractivity contribution is -0.122. The van der Waals surface area contributed by atoms with E-state index in [9.17, 15) is 24.3 Å². The van der Waals surface area contributed by atoms with Gasteiger partial charge in [-0.15, -0.1) is 0 Å². The van der Waals surface area contributed by atoms with Crippen molar-refractivity contribution >= 4 is 41.2 Å². The molecule has 1 saturated heterocycles. The number of aromatic hydroxyl groups is 1. The second-order valence-electron chi connectivity index (χ2n) is 8.04. The normalized spacial score (nSPS) is 14.4. The van der Waals surface area contributed by atoms with Crippen LogP contribution in [0.15, 0.2) is 72.3 Å². The highest BCUT2D eigenvalue weighted by atomic mass is 16.5. The van der Waals surface area contributed by atoms with Gasteiger partial charge in [0.15, 0.2) is 18.1 Å². The summed E-state index contributed by atoms with van der Waals surface area (Å²) in [5, 5.41) is 14.4. The van der Waals surface area contributed by atoms with Crippen molar-refractivity contribution in [2.24, 2.45) is 0 Å². The van der Waals surface area contributed by atoms with E-state index in [-0.39, 0.29) is 41.0 Å². The monoisotopic (exact) mass is 501 g/mol. The molecule has 0 radical (unpaired) electrons. The van der Waals surface area contributed by atoms with Gasteiger partial charge in [-0.2, -0.15) is 0 Å². The average molecular weight is 501 g/mol. The van der Waals surface area contributed by atoms with E-state index in [0.29, 0.717) is 11.3 Å². The molecule has 10 nitrogen and oxygen atoms in total. The highest BCUT2D eigenvalue weighted by Crippen LogP contribution is 2.30. The zero-order valence-electron chi connectivity index (χ0n) is 20.0. The molecule has 0 atom stereocenters. The summed E-state index contributed by atoms with van der Waals surface area (Å²) in [6, 6.07) is 16.5. The Kier molecular flexibility index (Phi) is 7.19. The Hall–Kier alpha value is -5.12. The number of imide groups is 2. The van der Waals surface area contributed by atoms with Gasteiger partial charge in [0.25, 0.3) is 17.7 Å². The van der Waals surface area contributed by atoms with E-state index >= 15 is 0 Å². The van der Waals surface area contributed by atoms with Crippen LogP contribution in [-0.2, 0) is 14.4 Å². The van der Waals surface area contributed by atoms with E-state index in [0.717, 1.165) is 10.5 Å². The molecule has 37 heavy (non-hydrogen) atoms. The molecule has 0 unspecified atom stereocenters. The number of hydrogen-bond donors (Lipinski definition) is 3. The van der Waals surface area contributed by atoms with Crippen molar-refractivity contribution in [3.05, 3.63) is 83.4 Å². The molecular weight excluding hydrogens is 478 g/mol. The lowest BCUT2D eigenvalue weighted by Gasteiger charge is -2.26. The standard InChI is InChI=1S/C27H23N3O7/c1-16-5-3-4-6-21(16)28-24(32)15-37-22-12-7-17(14-23(22)36-2)13-20-25(33)29-27(35)30(26(20)34)18-8-10-19(31)11-9-18/h3-14,31H,15H2,1-2H3,(H,28,32)(H,29,33,35)/b20-13-. The number of hydrogen-bond acceptors (Lipinski definition) is 7. The number of nitrogens with one attached hydrogen (secondary N) is 2. The number of rotatable bonds is 7. The number of phenolic OH excluding ortho intramolecular Hbond substituents is 1. The zero-order chi connectivity index (χ0) is 26.5. The molecule has 10 heteroatoms. The molecule has 1 aliphatic heterocycles. The summed E-state index contributed by atoms with van der Waals surface area (Å²) in [6.45, 7) is 1.61. The third-order valence-corrected chi connectivity index (χ3v) is 5.49. The maximum atomic E-state index is 13.0. The second-order valence-corrected chi connectivity index (χ2v) is 8.04. The number of phenols is 1. The number of benzene rings is 3. The molecule has 0 saturated carbocycles. The first-order valence-corrected chi connectivity index (χ1v) is 11.1. The van der Waals surface area contributed by atoms with Crippen molar-refractivity contribution in [2.75, 3.05) is 23.9 Å². The summed E-state index contributed by atoms with van der Waals surface area (Å²) in [4.78, 5) is 50.9. The fourth-order valence-corrected chi connectivity index (χ4v) is 3.60. The zero-order valence-corrected chi connectivity index (χ0v) is 20.0. The van der Waals surface area contributed by atoms with Gasteiger partial charge in [0.2, 0.25) is 0 Å². The van der Waals surface area contributed by atoms with Gasteiger partial charge >= 0.3 is 6.03 Å². The van der Waals surface area contributed by atoms with Crippen molar-refractivity contribution in [3.63, 3.8) is 0 Å². The number of carbonyl (C=O) groups is 4. The van der Waals surface area contributed by atoms with Gasteiger partial charge in [0, 0.05) is 5.69 Å². The summed E-state index contributed by atoms with van der Waals surface area (Å²) in [6.07, 6.45) is 1.31. The van der Waals surface area contributed by atoms with Gasteiger partial charge in [-0.25, -0.2) is 9.69 Å². The number of methoxy groups -OCH3 is 1. The minimum atomic E-state index is -0.900. The Morgan fingerprint density at radius 3 is 2.46 bits per heavy atom. The molecule has 4 rings (SSSR count). The number of barbiturate groups is 1. The van der Waals surface area contributed by atoms with Crippen molar-refractivity contribution in [1.82, 2.24) is 5.32 Å². The fraction of sp³-hybridized carbons (Fsp3) is 0.111. The molecule has 188 valence electrons. The summed E-state index contributed by atoms with van der Waals surface area (Å²) < 4.78 is 11.0. The Balaban J connectivity index is 1.51. The Bertz CT molecular complexity index is 1410. The number of nitrogens with zero attached hydrogens (tertiary/aromatic N) is 1. The molecule has 3 N–H and O–H groups in total. The first-order chi connectivity index (χ1) is 17.8. The molecule has 0 aliphatic carbocycles. The van der Waals surface area contributed by atoms with Crippen LogP contribution in [0.2, 0.25) is 0 Å². The predicted molar refractivity (Wildman–Crippen MR) is 135 cm³/mol. The van der Waals surface area contributed by atoms with Crippen molar-refractivity contribution in [2.45, 2.75) is 6.92 Å². The lowest BCUT2D eigenvalue weighted by Crippen LogP contribution is -2.54. The molecule has 0 bridgehead atoms. The van der Waals surface area contributed by atoms with Crippen LogP contribution >= 0.6 is 0 Å². The van der Waals surface area contributed by atoms with E-state index in [2.05, 4.69) is 10.6 Å². The van der Waals surface area contributed by atoms with Crippen LogP contribution in [0.1, 0.15) is 11.1 Å². The second kappa shape index (κ2) is 10.6. The topological polar surface area (TPSA) is 134 Å². The fourth-order valence-electron chi connectivity index (χ4n) is 3.60. The van der Waals surface area contributed by atoms with Crippen LogP contribution in [0, 0.1) is 6.92 Å². The van der Waals surface area contributed by atoms with Crippen LogP contribution in [-0.4, -0.2) is 42.6 Å². The molecule has 3 aromatic rings. The van der Waals surface area contributed by atoms with Crippen LogP contribution in [0.5, 0.6) is 17.2 Å². The lowest BCUT2D eigenvalue weighted by atomic mass is 10.1. The van der Waals surface area contributed by atoms with Gasteiger partial charge < -0.3 is 19.9 Å². The summed E-state index contributed by atoms with van der Waals surface area (Å²) in [5.74, 6) is -1.52. The number of para-hydroxylation sites is 1. The van der Waals surface area contributed by atoms with Crippen molar-refractivity contribution < 1.29 is 33.8 Å². The number of ether oxygens (including phenoxy) is 2. The number of carbonyl (C=O) groups excluding carboxylic acids is 4. The SMILES string of the molecule is COc1cc(/C=C2/C(=O)NC(=O)N(c3ccc(O)cc3)C2=O)ccc1OCC(=O)Nc1ccccc1C. The quantitative estimate of drug-likeness (QED) is 0.334. The number of aryl methyl sites for hydroxylation is 1. The van der Waals surface area contributed by atoms with Crippen molar-refractivity contribution in [3.8, 4) is 17.2 Å². The number of urea groups is 1. The minimum Gasteiger partial charge on any atom is -0.508 e. The van der Waals surface area contributed by atoms with Gasteiger partial charge in [0.1, 0.15) is 11.3 Å². The molecule has 0 aromatic heterocycles. The van der Waals surface area contributed by atoms with Crippen LogP contribution < -0.4 is 25.0 Å². The number of amides is 5. The molecule has 1 fully saturated rings. The molecule has 3 aromatic carbocycles. The van der Waals surface area contributed by atoms with Crippen molar-refractivity contribution in [1.29, 1.82) is 0 Å². The Morgan fingerprint density at radius 2 is 1.76 bits per heavy atom. The first kappa shape index (κ1) is 25.0. The third-order valence-electron chi connectivity index (χ3n) is 5.49. The van der Waals surface area contributed by atoms with Crippen LogP contribution in [0.3, 0.4) is 0 Å². The van der Waals surface area contributed by atoms with E-state index in [1.165, 1.54) is 43.5 Å². The third kappa shape index (κ3) is 5.59. The largest absolute Gasteiger partial charge is 0.508 e. The maximum Gasteiger partial charge on any atom is 0.335 e. The molecule has 1 heterocycles. The Morgan fingerprint density at radius 1 is 1.03 bits per heavy atom. The van der Waals surface area contributed by atoms with Crippen LogP contribution in [0.4, 0.5) is 16.2 Å². The van der Waals surface area contributed by atoms with E-state index in [1.54, 1.807) is 18.2 Å². The average Bonchev–Trinajstić information content (AvgIpc) is 2.88. The summed E-state index contributed by atoms with van der Waals surface area (Å²) in [5.41, 5.74) is 1.93. The van der Waals surface area contributed by atoms with Crippen LogP contribution in [0.25, 0.3) is 6.08 Å². The minimum absolute atomic E-state index is 0.0393. The highest BCUT2D eigenvalue weighted by Gasteiger charge is 2.36. The van der Waals surface area contributed by atoms with E-state index < -0.39 is 17.8 Å². The molecule has 1 aliphatic rings. The van der Waals surface area contributed by atoms with E-state index in [1.807, 2.05) is 25.1 Å². The van der Waals surface area contributed by atoms with Gasteiger partial charge in [-0.05, 0) is 66.6 Å².